The lowest BCUT2D eigenvalue weighted by Crippen LogP contribution is -2.04. The van der Waals surface area contributed by atoms with Crippen LogP contribution in [0.3, 0.4) is 0 Å². The summed E-state index contributed by atoms with van der Waals surface area (Å²) in [6.45, 7) is 0. The Bertz CT molecular complexity index is 533. The van der Waals surface area contributed by atoms with Crippen LogP contribution in [0.15, 0.2) is 24.5 Å². The van der Waals surface area contributed by atoms with Crippen molar-refractivity contribution in [2.45, 2.75) is 0 Å². The van der Waals surface area contributed by atoms with Gasteiger partial charge >= 0.3 is 5.97 Å². The van der Waals surface area contributed by atoms with Crippen molar-refractivity contribution in [1.29, 1.82) is 0 Å². The number of nitrogen functional groups attached to an aromatic ring is 1. The smallest absolute Gasteiger partial charge is 0.341 e. The Kier molecular flexibility index (Phi) is 2.32. The molecule has 6 heteroatoms. The highest BCUT2D eigenvalue weighted by Crippen LogP contribution is 2.25. The highest BCUT2D eigenvalue weighted by Gasteiger charge is 2.21. The standard InChI is InChI=1S/C10H10N4O2/c1-14-9(11)7(10(15)16)8(13-14)6-2-4-12-5-3-6/h2-5H,11H2,1H3,(H,15,16). The van der Waals surface area contributed by atoms with Crippen molar-refractivity contribution in [3.63, 3.8) is 0 Å². The Morgan fingerprint density at radius 1 is 1.44 bits per heavy atom. The molecule has 0 amide bonds. The number of aromatic nitrogens is 3. The second-order valence-corrected chi connectivity index (χ2v) is 3.27. The van der Waals surface area contributed by atoms with Crippen molar-refractivity contribution in [3.8, 4) is 11.3 Å². The first-order valence-electron chi connectivity index (χ1n) is 4.57. The van der Waals surface area contributed by atoms with Gasteiger partial charge in [-0.15, -0.1) is 0 Å². The Labute approximate surface area is 91.3 Å². The van der Waals surface area contributed by atoms with Gasteiger partial charge in [-0.25, -0.2) is 4.79 Å². The molecule has 0 aliphatic heterocycles. The molecule has 0 radical (unpaired) electrons. The first kappa shape index (κ1) is 10.2. The maximum Gasteiger partial charge on any atom is 0.341 e. The van der Waals surface area contributed by atoms with Gasteiger partial charge in [0.1, 0.15) is 17.1 Å². The number of carboxylic acids is 1. The van der Waals surface area contributed by atoms with Gasteiger partial charge in [0.05, 0.1) is 0 Å². The minimum atomic E-state index is -1.09. The third-order valence-corrected chi connectivity index (χ3v) is 2.26. The molecule has 0 atom stereocenters. The molecule has 0 saturated carbocycles. The fourth-order valence-electron chi connectivity index (χ4n) is 1.46. The summed E-state index contributed by atoms with van der Waals surface area (Å²) in [5.74, 6) is -0.947. The maximum atomic E-state index is 11.1. The average molecular weight is 218 g/mol. The van der Waals surface area contributed by atoms with E-state index in [9.17, 15) is 4.79 Å². The second kappa shape index (κ2) is 3.65. The zero-order valence-electron chi connectivity index (χ0n) is 8.58. The number of nitrogens with two attached hydrogens (primary N) is 1. The number of aromatic carboxylic acids is 1. The Balaban J connectivity index is 2.66. The molecule has 2 heterocycles. The summed E-state index contributed by atoms with van der Waals surface area (Å²) in [6.07, 6.45) is 3.15. The van der Waals surface area contributed by atoms with E-state index < -0.39 is 5.97 Å². The van der Waals surface area contributed by atoms with Crippen LogP contribution >= 0.6 is 0 Å². The van der Waals surface area contributed by atoms with Gasteiger partial charge in [-0.2, -0.15) is 5.10 Å². The quantitative estimate of drug-likeness (QED) is 0.776. The van der Waals surface area contributed by atoms with Crippen LogP contribution in [0, 0.1) is 0 Å². The molecule has 0 unspecified atom stereocenters. The van der Waals surface area contributed by atoms with E-state index in [1.807, 2.05) is 0 Å². The summed E-state index contributed by atoms with van der Waals surface area (Å²) < 4.78 is 1.35. The highest BCUT2D eigenvalue weighted by molar-refractivity contribution is 5.99. The van der Waals surface area contributed by atoms with Crippen molar-refractivity contribution in [2.24, 2.45) is 7.05 Å². The second-order valence-electron chi connectivity index (χ2n) is 3.27. The molecule has 0 fully saturated rings. The number of carbonyl (C=O) groups is 1. The van der Waals surface area contributed by atoms with E-state index in [0.29, 0.717) is 11.3 Å². The number of anilines is 1. The SMILES string of the molecule is Cn1nc(-c2ccncc2)c(C(=O)O)c1N. The van der Waals surface area contributed by atoms with Crippen LogP contribution in [-0.4, -0.2) is 25.8 Å². The molecule has 0 spiro atoms. The molecular weight excluding hydrogens is 208 g/mol. The van der Waals surface area contributed by atoms with E-state index >= 15 is 0 Å². The number of hydrogen-bond acceptors (Lipinski definition) is 4. The van der Waals surface area contributed by atoms with Gasteiger partial charge in [0.25, 0.3) is 0 Å². The van der Waals surface area contributed by atoms with Gasteiger partial charge < -0.3 is 10.8 Å². The van der Waals surface area contributed by atoms with Gasteiger partial charge in [0.15, 0.2) is 0 Å². The molecule has 2 rings (SSSR count). The van der Waals surface area contributed by atoms with E-state index in [1.165, 1.54) is 4.68 Å². The molecule has 6 nitrogen and oxygen atoms in total. The summed E-state index contributed by atoms with van der Waals surface area (Å²) in [6, 6.07) is 3.38. The van der Waals surface area contributed by atoms with Gasteiger partial charge in [-0.3, -0.25) is 9.67 Å². The van der Waals surface area contributed by atoms with E-state index in [2.05, 4.69) is 10.1 Å². The van der Waals surface area contributed by atoms with Crippen LogP contribution in [0.4, 0.5) is 5.82 Å². The molecule has 2 aromatic heterocycles. The fourth-order valence-corrected chi connectivity index (χ4v) is 1.46. The van der Waals surface area contributed by atoms with Gasteiger partial charge in [-0.05, 0) is 12.1 Å². The van der Waals surface area contributed by atoms with Gasteiger partial charge in [-0.1, -0.05) is 0 Å². The Morgan fingerprint density at radius 3 is 2.62 bits per heavy atom. The normalized spacial score (nSPS) is 10.3. The lowest BCUT2D eigenvalue weighted by molar-refractivity contribution is 0.0699. The number of rotatable bonds is 2. The molecular formula is C10H10N4O2. The molecule has 3 N–H and O–H groups in total. The molecule has 82 valence electrons. The molecule has 0 aliphatic rings. The van der Waals surface area contributed by atoms with E-state index in [0.717, 1.165) is 0 Å². The topological polar surface area (TPSA) is 94.0 Å². The van der Waals surface area contributed by atoms with Crippen molar-refractivity contribution in [2.75, 3.05) is 5.73 Å². The van der Waals surface area contributed by atoms with Gasteiger partial charge in [0, 0.05) is 25.0 Å². The van der Waals surface area contributed by atoms with Crippen LogP contribution in [0.25, 0.3) is 11.3 Å². The molecule has 0 bridgehead atoms. The molecule has 0 saturated heterocycles. The average Bonchev–Trinajstić information content (AvgIpc) is 2.57. The summed E-state index contributed by atoms with van der Waals surface area (Å²) in [7, 11) is 1.60. The summed E-state index contributed by atoms with van der Waals surface area (Å²) >= 11 is 0. The number of pyridine rings is 1. The van der Waals surface area contributed by atoms with Crippen LogP contribution < -0.4 is 5.73 Å². The predicted molar refractivity (Wildman–Crippen MR) is 57.8 cm³/mol. The summed E-state index contributed by atoms with van der Waals surface area (Å²) in [5, 5.41) is 13.2. The lowest BCUT2D eigenvalue weighted by atomic mass is 10.1. The van der Waals surface area contributed by atoms with Crippen molar-refractivity contribution < 1.29 is 9.90 Å². The van der Waals surface area contributed by atoms with Crippen LogP contribution in [0.2, 0.25) is 0 Å². The Morgan fingerprint density at radius 2 is 2.06 bits per heavy atom. The zero-order valence-corrected chi connectivity index (χ0v) is 8.58. The Hall–Kier alpha value is -2.37. The number of nitrogens with zero attached hydrogens (tertiary/aromatic N) is 3. The number of hydrogen-bond donors (Lipinski definition) is 2. The molecule has 0 aromatic carbocycles. The van der Waals surface area contributed by atoms with Crippen molar-refractivity contribution in [1.82, 2.24) is 14.8 Å². The van der Waals surface area contributed by atoms with E-state index in [-0.39, 0.29) is 11.4 Å². The van der Waals surface area contributed by atoms with Crippen LogP contribution in [0.1, 0.15) is 10.4 Å². The predicted octanol–water partition coefficient (Wildman–Crippen LogP) is 0.762. The fraction of sp³-hybridized carbons (Fsp3) is 0.100. The number of carboxylic acid groups (broad SMARTS) is 1. The van der Waals surface area contributed by atoms with Gasteiger partial charge in [0.2, 0.25) is 0 Å². The van der Waals surface area contributed by atoms with Crippen LogP contribution in [0.5, 0.6) is 0 Å². The first-order chi connectivity index (χ1) is 7.61. The first-order valence-corrected chi connectivity index (χ1v) is 4.57. The van der Waals surface area contributed by atoms with E-state index in [1.54, 1.807) is 31.6 Å². The summed E-state index contributed by atoms with van der Waals surface area (Å²) in [5.41, 5.74) is 6.70. The highest BCUT2D eigenvalue weighted by atomic mass is 16.4. The third-order valence-electron chi connectivity index (χ3n) is 2.26. The third kappa shape index (κ3) is 1.50. The van der Waals surface area contributed by atoms with Crippen molar-refractivity contribution >= 4 is 11.8 Å². The van der Waals surface area contributed by atoms with Crippen LogP contribution in [-0.2, 0) is 7.05 Å². The summed E-state index contributed by atoms with van der Waals surface area (Å²) in [4.78, 5) is 14.9. The molecule has 2 aromatic rings. The minimum absolute atomic E-state index is 0.0219. The van der Waals surface area contributed by atoms with E-state index in [4.69, 9.17) is 10.8 Å². The maximum absolute atomic E-state index is 11.1. The monoisotopic (exact) mass is 218 g/mol. The lowest BCUT2D eigenvalue weighted by Gasteiger charge is -1.97. The van der Waals surface area contributed by atoms with Crippen molar-refractivity contribution in [3.05, 3.63) is 30.1 Å². The minimum Gasteiger partial charge on any atom is -0.477 e. The number of aryl methyl sites for hydroxylation is 1. The molecule has 0 aliphatic carbocycles. The molecule has 16 heavy (non-hydrogen) atoms. The zero-order chi connectivity index (χ0) is 11.7. The largest absolute Gasteiger partial charge is 0.477 e.